The Hall–Kier alpha value is 0.310. The smallest absolute Gasteiger partial charge is 0.0254 e. The third-order valence-corrected chi connectivity index (χ3v) is 5.14. The minimum atomic E-state index is 0.238. The number of hydrogen-bond donors (Lipinski definition) is 1. The molecule has 0 amide bonds. The summed E-state index contributed by atoms with van der Waals surface area (Å²) in [7, 11) is 0. The lowest BCUT2D eigenvalue weighted by atomic mass is 9.76. The first-order valence-corrected chi connectivity index (χ1v) is 7.00. The molecule has 0 heterocycles. The van der Waals surface area contributed by atoms with Crippen molar-refractivity contribution >= 4 is 11.8 Å². The molecule has 0 bridgehead atoms. The summed E-state index contributed by atoms with van der Waals surface area (Å²) in [5.41, 5.74) is 6.38. The fraction of sp³-hybridized carbons (Fsp3) is 1.00. The van der Waals surface area contributed by atoms with Gasteiger partial charge in [0.2, 0.25) is 0 Å². The zero-order chi connectivity index (χ0) is 10.8. The van der Waals surface area contributed by atoms with Crippen LogP contribution in [-0.2, 0) is 0 Å². The van der Waals surface area contributed by atoms with Crippen LogP contribution in [0.25, 0.3) is 0 Å². The van der Waals surface area contributed by atoms with Gasteiger partial charge in [0.25, 0.3) is 0 Å². The van der Waals surface area contributed by atoms with E-state index in [2.05, 4.69) is 27.0 Å². The normalized spacial score (nSPS) is 31.5. The van der Waals surface area contributed by atoms with E-state index >= 15 is 0 Å². The van der Waals surface area contributed by atoms with Gasteiger partial charge in [0.1, 0.15) is 0 Å². The Balaban J connectivity index is 2.55. The fourth-order valence-electron chi connectivity index (χ4n) is 2.51. The largest absolute Gasteiger partial charge is 0.326 e. The molecule has 0 aliphatic heterocycles. The van der Waals surface area contributed by atoms with Gasteiger partial charge in [0.05, 0.1) is 0 Å². The van der Waals surface area contributed by atoms with E-state index in [1.54, 1.807) is 0 Å². The molecule has 0 radical (unpaired) electrons. The molecular formula is C12H25NS. The molecule has 1 aliphatic carbocycles. The van der Waals surface area contributed by atoms with Gasteiger partial charge in [-0.05, 0) is 44.8 Å². The van der Waals surface area contributed by atoms with Crippen LogP contribution in [0.1, 0.15) is 46.5 Å². The minimum absolute atomic E-state index is 0.238. The number of rotatable bonds is 3. The summed E-state index contributed by atoms with van der Waals surface area (Å²) >= 11 is 1.91. The van der Waals surface area contributed by atoms with Gasteiger partial charge in [0.15, 0.2) is 0 Å². The zero-order valence-electron chi connectivity index (χ0n) is 10.0. The van der Waals surface area contributed by atoms with E-state index in [-0.39, 0.29) is 4.75 Å². The van der Waals surface area contributed by atoms with Crippen molar-refractivity contribution in [3.05, 3.63) is 0 Å². The second-order valence-electron chi connectivity index (χ2n) is 5.37. The lowest BCUT2D eigenvalue weighted by molar-refractivity contribution is 0.228. The average molecular weight is 215 g/mol. The summed E-state index contributed by atoms with van der Waals surface area (Å²) in [4.78, 5) is 0. The Morgan fingerprint density at radius 1 is 1.36 bits per heavy atom. The maximum Gasteiger partial charge on any atom is 0.0254 e. The fourth-order valence-corrected chi connectivity index (χ4v) is 2.98. The van der Waals surface area contributed by atoms with Gasteiger partial charge >= 0.3 is 0 Å². The third-order valence-electron chi connectivity index (χ3n) is 3.81. The van der Waals surface area contributed by atoms with E-state index in [1.807, 2.05) is 11.8 Å². The van der Waals surface area contributed by atoms with Gasteiger partial charge < -0.3 is 5.73 Å². The first-order valence-electron chi connectivity index (χ1n) is 5.78. The molecule has 1 aliphatic rings. The molecule has 1 nitrogen and oxygen atoms in total. The van der Waals surface area contributed by atoms with Crippen molar-refractivity contribution in [1.82, 2.24) is 0 Å². The van der Waals surface area contributed by atoms with Crippen LogP contribution in [0, 0.1) is 11.8 Å². The van der Waals surface area contributed by atoms with Gasteiger partial charge in [-0.2, -0.15) is 11.8 Å². The average Bonchev–Trinajstić information content (AvgIpc) is 2.16. The molecular weight excluding hydrogens is 190 g/mol. The predicted octanol–water partition coefficient (Wildman–Crippen LogP) is 3.28. The summed E-state index contributed by atoms with van der Waals surface area (Å²) < 4.78 is 0.238. The molecule has 3 atom stereocenters. The molecule has 1 fully saturated rings. The first kappa shape index (κ1) is 12.4. The Morgan fingerprint density at radius 2 is 2.00 bits per heavy atom. The quantitative estimate of drug-likeness (QED) is 0.782. The van der Waals surface area contributed by atoms with Gasteiger partial charge in [0, 0.05) is 10.8 Å². The highest BCUT2D eigenvalue weighted by Gasteiger charge is 2.34. The SMILES string of the molecule is CSC(C)(C)C(N)C1CCCC(C)C1. The molecule has 0 aromatic heterocycles. The standard InChI is InChI=1S/C12H25NS/c1-9-6-5-7-10(8-9)11(13)12(2,3)14-4/h9-11H,5-8,13H2,1-4H3. The van der Waals surface area contributed by atoms with Crippen LogP contribution in [0.3, 0.4) is 0 Å². The van der Waals surface area contributed by atoms with E-state index in [0.717, 1.165) is 11.8 Å². The third kappa shape index (κ3) is 2.90. The Kier molecular flexibility index (Phi) is 4.32. The van der Waals surface area contributed by atoms with Crippen molar-refractivity contribution in [2.75, 3.05) is 6.26 Å². The van der Waals surface area contributed by atoms with Crippen molar-refractivity contribution < 1.29 is 0 Å². The summed E-state index contributed by atoms with van der Waals surface area (Å²) in [6, 6.07) is 0.361. The van der Waals surface area contributed by atoms with Crippen molar-refractivity contribution in [2.45, 2.75) is 57.2 Å². The van der Waals surface area contributed by atoms with Crippen molar-refractivity contribution in [3.8, 4) is 0 Å². The van der Waals surface area contributed by atoms with Crippen molar-refractivity contribution in [3.63, 3.8) is 0 Å². The molecule has 0 saturated heterocycles. The molecule has 14 heavy (non-hydrogen) atoms. The molecule has 84 valence electrons. The van der Waals surface area contributed by atoms with E-state index in [4.69, 9.17) is 5.73 Å². The summed E-state index contributed by atoms with van der Waals surface area (Å²) in [5.74, 6) is 1.64. The molecule has 2 N–H and O–H groups in total. The van der Waals surface area contributed by atoms with Crippen LogP contribution in [-0.4, -0.2) is 17.0 Å². The maximum atomic E-state index is 6.38. The van der Waals surface area contributed by atoms with E-state index in [9.17, 15) is 0 Å². The van der Waals surface area contributed by atoms with Gasteiger partial charge in [-0.1, -0.05) is 19.8 Å². The molecule has 0 aromatic carbocycles. The summed E-state index contributed by atoms with van der Waals surface area (Å²) in [6.07, 6.45) is 7.64. The maximum absolute atomic E-state index is 6.38. The van der Waals surface area contributed by atoms with Gasteiger partial charge in [-0.15, -0.1) is 0 Å². The highest BCUT2D eigenvalue weighted by molar-refractivity contribution is 8.00. The van der Waals surface area contributed by atoms with E-state index < -0.39 is 0 Å². The molecule has 2 heteroatoms. The number of nitrogens with two attached hydrogens (primary N) is 1. The molecule has 0 spiro atoms. The number of thioether (sulfide) groups is 1. The van der Waals surface area contributed by atoms with Crippen LogP contribution in [0.4, 0.5) is 0 Å². The first-order chi connectivity index (χ1) is 6.47. The Labute approximate surface area is 93.2 Å². The van der Waals surface area contributed by atoms with E-state index in [0.29, 0.717) is 6.04 Å². The monoisotopic (exact) mass is 215 g/mol. The second kappa shape index (κ2) is 4.89. The summed E-state index contributed by atoms with van der Waals surface area (Å²) in [6.45, 7) is 6.92. The topological polar surface area (TPSA) is 26.0 Å². The predicted molar refractivity (Wildman–Crippen MR) is 66.7 cm³/mol. The lowest BCUT2D eigenvalue weighted by Gasteiger charge is -2.39. The van der Waals surface area contributed by atoms with Crippen LogP contribution >= 0.6 is 11.8 Å². The minimum Gasteiger partial charge on any atom is -0.326 e. The number of hydrogen-bond acceptors (Lipinski definition) is 2. The highest BCUT2D eigenvalue weighted by Crippen LogP contribution is 2.37. The zero-order valence-corrected chi connectivity index (χ0v) is 10.9. The van der Waals surface area contributed by atoms with Crippen LogP contribution in [0.15, 0.2) is 0 Å². The van der Waals surface area contributed by atoms with Crippen LogP contribution in [0.2, 0.25) is 0 Å². The van der Waals surface area contributed by atoms with Crippen LogP contribution < -0.4 is 5.73 Å². The van der Waals surface area contributed by atoms with Gasteiger partial charge in [-0.25, -0.2) is 0 Å². The molecule has 1 saturated carbocycles. The summed E-state index contributed by atoms with van der Waals surface area (Å²) in [5, 5.41) is 0. The molecule has 3 unspecified atom stereocenters. The Bertz CT molecular complexity index is 179. The highest BCUT2D eigenvalue weighted by atomic mass is 32.2. The lowest BCUT2D eigenvalue weighted by Crippen LogP contribution is -2.47. The van der Waals surface area contributed by atoms with Gasteiger partial charge in [-0.3, -0.25) is 0 Å². The second-order valence-corrected chi connectivity index (χ2v) is 6.83. The Morgan fingerprint density at radius 3 is 2.50 bits per heavy atom. The van der Waals surface area contributed by atoms with E-state index in [1.165, 1.54) is 25.7 Å². The van der Waals surface area contributed by atoms with Crippen molar-refractivity contribution in [1.29, 1.82) is 0 Å². The van der Waals surface area contributed by atoms with Crippen LogP contribution in [0.5, 0.6) is 0 Å². The molecule has 1 rings (SSSR count). The molecule has 0 aromatic rings. The van der Waals surface area contributed by atoms with Crippen molar-refractivity contribution in [2.24, 2.45) is 17.6 Å².